The van der Waals surface area contributed by atoms with Crippen LogP contribution in [0.3, 0.4) is 0 Å². The topological polar surface area (TPSA) is 105 Å². The van der Waals surface area contributed by atoms with Gasteiger partial charge in [0.05, 0.1) is 28.4 Å². The van der Waals surface area contributed by atoms with Gasteiger partial charge in [0.2, 0.25) is 15.9 Å². The molecule has 2 heterocycles. The molecular formula is C25H23F4N5O3S. The Balaban J connectivity index is 1.50. The molecule has 0 spiro atoms. The molecule has 0 bridgehead atoms. The quantitative estimate of drug-likeness (QED) is 0.358. The van der Waals surface area contributed by atoms with Gasteiger partial charge in [-0.05, 0) is 48.9 Å². The molecule has 4 rings (SSSR count). The molecule has 200 valence electrons. The number of benzene rings is 2. The first-order valence-electron chi connectivity index (χ1n) is 11.4. The van der Waals surface area contributed by atoms with E-state index in [1.807, 2.05) is 0 Å². The molecule has 2 unspecified atom stereocenters. The summed E-state index contributed by atoms with van der Waals surface area (Å²) in [7, 11) is -2.55. The zero-order chi connectivity index (χ0) is 27.5. The van der Waals surface area contributed by atoms with E-state index >= 15 is 0 Å². The first-order chi connectivity index (χ1) is 18.0. The predicted molar refractivity (Wildman–Crippen MR) is 131 cm³/mol. The molecule has 1 N–H and O–H groups in total. The number of alkyl halides is 3. The summed E-state index contributed by atoms with van der Waals surface area (Å²) in [5.41, 5.74) is 0.382. The van der Waals surface area contributed by atoms with Crippen molar-refractivity contribution in [3.05, 3.63) is 78.0 Å². The maximum atomic E-state index is 13.3. The van der Waals surface area contributed by atoms with E-state index in [9.17, 15) is 30.8 Å². The Bertz CT molecular complexity index is 1430. The molecule has 1 aliphatic rings. The van der Waals surface area contributed by atoms with E-state index in [-0.39, 0.29) is 30.3 Å². The molecule has 0 saturated carbocycles. The van der Waals surface area contributed by atoms with Gasteiger partial charge in [0.1, 0.15) is 18.2 Å². The molecule has 1 aliphatic heterocycles. The molecule has 38 heavy (non-hydrogen) atoms. The highest BCUT2D eigenvalue weighted by Gasteiger charge is 2.43. The lowest BCUT2D eigenvalue weighted by molar-refractivity contribution is -0.137. The molecule has 1 amide bonds. The van der Waals surface area contributed by atoms with Gasteiger partial charge in [-0.2, -0.15) is 17.5 Å². The van der Waals surface area contributed by atoms with E-state index in [0.29, 0.717) is 17.0 Å². The summed E-state index contributed by atoms with van der Waals surface area (Å²) in [4.78, 5) is 25.1. The van der Waals surface area contributed by atoms with E-state index in [1.165, 1.54) is 24.5 Å². The number of aromatic nitrogens is 2. The van der Waals surface area contributed by atoms with Crippen molar-refractivity contribution in [3.8, 4) is 11.3 Å². The third-order valence-electron chi connectivity index (χ3n) is 6.05. The second-order valence-corrected chi connectivity index (χ2v) is 10.5. The molecular weight excluding hydrogens is 526 g/mol. The van der Waals surface area contributed by atoms with Crippen molar-refractivity contribution in [1.82, 2.24) is 19.6 Å². The highest BCUT2D eigenvalue weighted by atomic mass is 32.2. The summed E-state index contributed by atoms with van der Waals surface area (Å²) in [6, 6.07) is 9.32. The molecule has 13 heteroatoms. The zero-order valence-corrected chi connectivity index (χ0v) is 20.9. The molecule has 0 radical (unpaired) electrons. The standard InChI is InChI=1S/C25H23F4N5O3S/c1-30-12-16-10-23(34(14-16)38(36,37)21-8-6-19(26)7-9-21)24(35)31-13-20-11-22(33-15-32-20)17-2-4-18(5-3-17)25(27,28)29/h2-9,11-12,15-16,23H,10,13-14H2,1H3,(H,31,35). The summed E-state index contributed by atoms with van der Waals surface area (Å²) in [6.07, 6.45) is -1.45. The van der Waals surface area contributed by atoms with Crippen LogP contribution in [0, 0.1) is 11.7 Å². The highest BCUT2D eigenvalue weighted by Crippen LogP contribution is 2.31. The van der Waals surface area contributed by atoms with Gasteiger partial charge in [-0.15, -0.1) is 0 Å². The van der Waals surface area contributed by atoms with Crippen molar-refractivity contribution >= 4 is 22.1 Å². The minimum absolute atomic E-state index is 0.0285. The van der Waals surface area contributed by atoms with Crippen LogP contribution in [0.4, 0.5) is 17.6 Å². The Labute approximate surface area is 216 Å². The predicted octanol–water partition coefficient (Wildman–Crippen LogP) is 3.70. The lowest BCUT2D eigenvalue weighted by atomic mass is 10.1. The molecule has 2 aromatic carbocycles. The van der Waals surface area contributed by atoms with Crippen LogP contribution in [0.5, 0.6) is 0 Å². The minimum Gasteiger partial charge on any atom is -0.349 e. The van der Waals surface area contributed by atoms with Crippen molar-refractivity contribution in [1.29, 1.82) is 0 Å². The lowest BCUT2D eigenvalue weighted by Crippen LogP contribution is -2.45. The van der Waals surface area contributed by atoms with Crippen LogP contribution in [-0.4, -0.2) is 54.4 Å². The molecule has 2 atom stereocenters. The molecule has 0 aliphatic carbocycles. The van der Waals surface area contributed by atoms with E-state index in [1.54, 1.807) is 13.3 Å². The van der Waals surface area contributed by atoms with Gasteiger partial charge in [-0.1, -0.05) is 12.1 Å². The molecule has 3 aromatic rings. The number of hydrogen-bond acceptors (Lipinski definition) is 6. The number of nitrogens with one attached hydrogen (secondary N) is 1. The number of hydrogen-bond donors (Lipinski definition) is 1. The second kappa shape index (κ2) is 11.0. The number of halogens is 4. The van der Waals surface area contributed by atoms with Gasteiger partial charge < -0.3 is 10.3 Å². The Morgan fingerprint density at radius 3 is 2.45 bits per heavy atom. The number of rotatable bonds is 7. The first kappa shape index (κ1) is 27.3. The molecule has 1 fully saturated rings. The highest BCUT2D eigenvalue weighted by molar-refractivity contribution is 7.89. The van der Waals surface area contributed by atoms with Crippen molar-refractivity contribution < 1.29 is 30.8 Å². The van der Waals surface area contributed by atoms with Gasteiger partial charge in [0.25, 0.3) is 0 Å². The fourth-order valence-corrected chi connectivity index (χ4v) is 5.83. The largest absolute Gasteiger partial charge is 0.416 e. The van der Waals surface area contributed by atoms with Gasteiger partial charge in [-0.3, -0.25) is 4.79 Å². The van der Waals surface area contributed by atoms with Crippen molar-refractivity contribution in [2.45, 2.75) is 30.1 Å². The van der Waals surface area contributed by atoms with Gasteiger partial charge in [-0.25, -0.2) is 22.8 Å². The van der Waals surface area contributed by atoms with E-state index in [4.69, 9.17) is 0 Å². The monoisotopic (exact) mass is 549 g/mol. The van der Waals surface area contributed by atoms with E-state index < -0.39 is 39.5 Å². The summed E-state index contributed by atoms with van der Waals surface area (Å²) in [5, 5.41) is 2.69. The van der Waals surface area contributed by atoms with Crippen LogP contribution in [0.1, 0.15) is 17.7 Å². The summed E-state index contributed by atoms with van der Waals surface area (Å²) in [5.74, 6) is -1.44. The maximum Gasteiger partial charge on any atom is 0.416 e. The van der Waals surface area contributed by atoms with E-state index in [2.05, 4.69) is 20.3 Å². The fraction of sp³-hybridized carbons (Fsp3) is 0.280. The summed E-state index contributed by atoms with van der Waals surface area (Å²) < 4.78 is 79.5. The average molecular weight is 550 g/mol. The number of carbonyl (C=O) groups is 1. The van der Waals surface area contributed by atoms with Crippen LogP contribution < -0.4 is 5.32 Å². The number of amides is 1. The van der Waals surface area contributed by atoms with Crippen LogP contribution in [-0.2, 0) is 27.5 Å². The summed E-state index contributed by atoms with van der Waals surface area (Å²) >= 11 is 0. The lowest BCUT2D eigenvalue weighted by Gasteiger charge is -2.23. The maximum absolute atomic E-state index is 13.3. The van der Waals surface area contributed by atoms with Gasteiger partial charge in [0.15, 0.2) is 0 Å². The number of sulfonamides is 1. The van der Waals surface area contributed by atoms with Gasteiger partial charge >= 0.3 is 6.18 Å². The van der Waals surface area contributed by atoms with Crippen molar-refractivity contribution in [3.63, 3.8) is 0 Å². The Morgan fingerprint density at radius 2 is 1.82 bits per heavy atom. The summed E-state index contributed by atoms with van der Waals surface area (Å²) in [6.45, 7) is -0.0385. The van der Waals surface area contributed by atoms with E-state index in [0.717, 1.165) is 40.7 Å². The smallest absolute Gasteiger partial charge is 0.349 e. The fourth-order valence-electron chi connectivity index (χ4n) is 4.18. The van der Waals surface area contributed by atoms with Crippen LogP contribution in [0.15, 0.2) is 70.8 Å². The van der Waals surface area contributed by atoms with Crippen LogP contribution in [0.25, 0.3) is 11.3 Å². The van der Waals surface area contributed by atoms with Gasteiger partial charge in [0, 0.05) is 31.3 Å². The normalized spacial score (nSPS) is 18.7. The minimum atomic E-state index is -4.46. The number of carbonyl (C=O) groups excluding carboxylic acids is 1. The number of aliphatic imine (C=N–C) groups is 1. The Kier molecular flexibility index (Phi) is 7.88. The first-order valence-corrected chi connectivity index (χ1v) is 12.9. The SMILES string of the molecule is CN=CC1CC(C(=O)NCc2cc(-c3ccc(C(F)(F)F)cc3)ncn2)N(S(=O)(=O)c2ccc(F)cc2)C1. The molecule has 1 saturated heterocycles. The van der Waals surface area contributed by atoms with Crippen LogP contribution >= 0.6 is 0 Å². The number of nitrogens with zero attached hydrogens (tertiary/aromatic N) is 4. The Hall–Kier alpha value is -3.71. The molecule has 8 nitrogen and oxygen atoms in total. The molecule has 1 aromatic heterocycles. The zero-order valence-electron chi connectivity index (χ0n) is 20.1. The second-order valence-electron chi connectivity index (χ2n) is 8.63. The average Bonchev–Trinajstić information content (AvgIpc) is 3.32. The Morgan fingerprint density at radius 1 is 1.13 bits per heavy atom. The third kappa shape index (κ3) is 6.05. The van der Waals surface area contributed by atoms with Crippen molar-refractivity contribution in [2.75, 3.05) is 13.6 Å². The third-order valence-corrected chi connectivity index (χ3v) is 7.94. The van der Waals surface area contributed by atoms with Crippen LogP contribution in [0.2, 0.25) is 0 Å². The van der Waals surface area contributed by atoms with Crippen molar-refractivity contribution in [2.24, 2.45) is 10.9 Å².